The van der Waals surface area contributed by atoms with Crippen LogP contribution in [0.2, 0.25) is 0 Å². The molecule has 0 unspecified atom stereocenters. The maximum Gasteiger partial charge on any atom is 0.297 e. The van der Waals surface area contributed by atoms with Crippen molar-refractivity contribution in [3.8, 4) is 24.7 Å². The molecule has 1 aromatic carbocycles. The van der Waals surface area contributed by atoms with Gasteiger partial charge < -0.3 is 14.6 Å². The highest BCUT2D eigenvalue weighted by molar-refractivity contribution is 7.86. The van der Waals surface area contributed by atoms with Crippen LogP contribution in [0, 0.1) is 31.6 Å². The zero-order chi connectivity index (χ0) is 18.3. The fourth-order valence-corrected chi connectivity index (χ4v) is 2.20. The lowest BCUT2D eigenvalue weighted by atomic mass is 10.2. The van der Waals surface area contributed by atoms with Gasteiger partial charge in [0.15, 0.2) is 0 Å². The molecular formula is C17H22O6S. The monoisotopic (exact) mass is 354 g/mol. The van der Waals surface area contributed by atoms with Crippen LogP contribution in [0.5, 0.6) is 0 Å². The van der Waals surface area contributed by atoms with Crippen molar-refractivity contribution in [3.63, 3.8) is 0 Å². The third-order valence-corrected chi connectivity index (χ3v) is 3.71. The number of rotatable bonds is 9. The molecule has 0 aliphatic carbocycles. The Morgan fingerprint density at radius 2 is 1.54 bits per heavy atom. The van der Waals surface area contributed by atoms with Crippen LogP contribution in [0.25, 0.3) is 0 Å². The largest absolute Gasteiger partial charge is 0.394 e. The number of ether oxygens (including phenoxy) is 2. The van der Waals surface area contributed by atoms with E-state index in [0.29, 0.717) is 13.2 Å². The van der Waals surface area contributed by atoms with Crippen molar-refractivity contribution in [2.45, 2.75) is 11.8 Å². The van der Waals surface area contributed by atoms with E-state index in [-0.39, 0.29) is 31.3 Å². The van der Waals surface area contributed by atoms with Gasteiger partial charge in [-0.1, -0.05) is 29.5 Å². The molecular weight excluding hydrogens is 332 g/mol. The maximum absolute atomic E-state index is 11.7. The first-order valence-electron chi connectivity index (χ1n) is 7.07. The Balaban J connectivity index is 0.000000640. The normalized spacial score (nSPS) is 10.2. The van der Waals surface area contributed by atoms with Crippen LogP contribution in [-0.2, 0) is 23.8 Å². The molecule has 132 valence electrons. The molecule has 0 spiro atoms. The van der Waals surface area contributed by atoms with Gasteiger partial charge in [-0.05, 0) is 19.1 Å². The lowest BCUT2D eigenvalue weighted by Crippen LogP contribution is -2.11. The molecule has 1 aromatic rings. The second kappa shape index (κ2) is 13.6. The molecule has 0 fully saturated rings. The van der Waals surface area contributed by atoms with Crippen molar-refractivity contribution < 1.29 is 27.2 Å². The molecule has 0 heterocycles. The van der Waals surface area contributed by atoms with E-state index in [1.54, 1.807) is 12.1 Å². The fraction of sp³-hybridized carbons (Fsp3) is 0.412. The fourth-order valence-electron chi connectivity index (χ4n) is 1.30. The Hall–Kier alpha value is -1.87. The molecule has 0 saturated heterocycles. The number of benzene rings is 1. The van der Waals surface area contributed by atoms with Crippen LogP contribution in [0.4, 0.5) is 0 Å². The average molecular weight is 354 g/mol. The van der Waals surface area contributed by atoms with Gasteiger partial charge >= 0.3 is 0 Å². The highest BCUT2D eigenvalue weighted by Crippen LogP contribution is 2.12. The summed E-state index contributed by atoms with van der Waals surface area (Å²) < 4.78 is 37.7. The van der Waals surface area contributed by atoms with Crippen molar-refractivity contribution in [1.82, 2.24) is 0 Å². The van der Waals surface area contributed by atoms with Gasteiger partial charge in [0.05, 0.1) is 31.3 Å². The molecule has 1 rings (SSSR count). The van der Waals surface area contributed by atoms with Gasteiger partial charge in [0.2, 0.25) is 0 Å². The van der Waals surface area contributed by atoms with Crippen molar-refractivity contribution in [1.29, 1.82) is 0 Å². The molecule has 7 heteroatoms. The second-order valence-corrected chi connectivity index (χ2v) is 5.94. The smallest absolute Gasteiger partial charge is 0.297 e. The molecule has 6 nitrogen and oxygen atoms in total. The van der Waals surface area contributed by atoms with E-state index in [0.717, 1.165) is 5.56 Å². The SMILES string of the molecule is C#CCOCCO.C#CCOCCOS(=O)(=O)c1ccc(C)cc1. The minimum absolute atomic E-state index is 0.0433. The predicted molar refractivity (Wildman–Crippen MR) is 90.7 cm³/mol. The molecule has 0 amide bonds. The van der Waals surface area contributed by atoms with Crippen LogP contribution < -0.4 is 0 Å². The minimum atomic E-state index is -3.70. The van der Waals surface area contributed by atoms with E-state index in [1.807, 2.05) is 6.92 Å². The number of hydrogen-bond acceptors (Lipinski definition) is 6. The molecule has 0 radical (unpaired) electrons. The maximum atomic E-state index is 11.7. The third kappa shape index (κ3) is 10.8. The summed E-state index contributed by atoms with van der Waals surface area (Å²) in [6.45, 7) is 2.80. The quantitative estimate of drug-likeness (QED) is 0.404. The van der Waals surface area contributed by atoms with Gasteiger partial charge in [-0.2, -0.15) is 8.42 Å². The highest BCUT2D eigenvalue weighted by Gasteiger charge is 2.14. The summed E-state index contributed by atoms with van der Waals surface area (Å²) in [6.07, 6.45) is 9.78. The first kappa shape index (κ1) is 22.1. The lowest BCUT2D eigenvalue weighted by molar-refractivity contribution is 0.115. The zero-order valence-corrected chi connectivity index (χ0v) is 14.4. The number of aryl methyl sites for hydroxylation is 1. The van der Waals surface area contributed by atoms with Crippen molar-refractivity contribution in [3.05, 3.63) is 29.8 Å². The number of hydrogen-bond donors (Lipinski definition) is 1. The van der Waals surface area contributed by atoms with E-state index in [2.05, 4.69) is 16.6 Å². The van der Waals surface area contributed by atoms with Crippen LogP contribution >= 0.6 is 0 Å². The minimum Gasteiger partial charge on any atom is -0.394 e. The van der Waals surface area contributed by atoms with Crippen LogP contribution in [-0.4, -0.2) is 53.2 Å². The van der Waals surface area contributed by atoms with Crippen LogP contribution in [0.15, 0.2) is 29.2 Å². The summed E-state index contributed by atoms with van der Waals surface area (Å²) in [4.78, 5) is 0.139. The number of aliphatic hydroxyl groups is 1. The molecule has 1 N–H and O–H groups in total. The van der Waals surface area contributed by atoms with Crippen molar-refractivity contribution in [2.75, 3.05) is 39.6 Å². The second-order valence-electron chi connectivity index (χ2n) is 4.33. The molecule has 0 atom stereocenters. The Morgan fingerprint density at radius 1 is 1.00 bits per heavy atom. The molecule has 0 saturated carbocycles. The van der Waals surface area contributed by atoms with Gasteiger partial charge in [-0.3, -0.25) is 4.18 Å². The molecule has 24 heavy (non-hydrogen) atoms. The van der Waals surface area contributed by atoms with E-state index in [1.165, 1.54) is 12.1 Å². The first-order chi connectivity index (χ1) is 11.5. The van der Waals surface area contributed by atoms with Gasteiger partial charge in [0.1, 0.15) is 13.2 Å². The van der Waals surface area contributed by atoms with Crippen LogP contribution in [0.3, 0.4) is 0 Å². The Morgan fingerprint density at radius 3 is 2.04 bits per heavy atom. The van der Waals surface area contributed by atoms with E-state index >= 15 is 0 Å². The highest BCUT2D eigenvalue weighted by atomic mass is 32.2. The van der Waals surface area contributed by atoms with E-state index in [9.17, 15) is 8.42 Å². The zero-order valence-electron chi connectivity index (χ0n) is 13.6. The van der Waals surface area contributed by atoms with Gasteiger partial charge in [0.25, 0.3) is 10.1 Å². The van der Waals surface area contributed by atoms with Crippen LogP contribution in [0.1, 0.15) is 5.56 Å². The number of aliphatic hydroxyl groups excluding tert-OH is 1. The van der Waals surface area contributed by atoms with Crippen molar-refractivity contribution in [2.24, 2.45) is 0 Å². The molecule has 0 bridgehead atoms. The third-order valence-electron chi connectivity index (χ3n) is 2.38. The topological polar surface area (TPSA) is 82.1 Å². The average Bonchev–Trinajstić information content (AvgIpc) is 2.56. The van der Waals surface area contributed by atoms with Gasteiger partial charge in [0, 0.05) is 0 Å². The summed E-state index contributed by atoms with van der Waals surface area (Å²) >= 11 is 0. The standard InChI is InChI=1S/C12H14O4S.C5H8O2/c1-3-8-15-9-10-16-17(13,14)12-6-4-11(2)5-7-12;1-2-4-7-5-3-6/h1,4-7H,8-10H2,2H3;1,6H,3-5H2. The summed E-state index contributed by atoms with van der Waals surface area (Å²) in [5, 5.41) is 8.10. The Labute approximate surface area is 143 Å². The molecule has 0 aliphatic rings. The predicted octanol–water partition coefficient (Wildman–Crippen LogP) is 0.979. The molecule has 0 aromatic heterocycles. The molecule has 0 aliphatic heterocycles. The van der Waals surface area contributed by atoms with Crippen molar-refractivity contribution >= 4 is 10.1 Å². The summed E-state index contributed by atoms with van der Waals surface area (Å²) in [5.41, 5.74) is 0.987. The Kier molecular flexibility index (Phi) is 12.5. The summed E-state index contributed by atoms with van der Waals surface area (Å²) in [7, 11) is -3.70. The summed E-state index contributed by atoms with van der Waals surface area (Å²) in [5.74, 6) is 4.55. The van der Waals surface area contributed by atoms with Gasteiger partial charge in [-0.25, -0.2) is 0 Å². The lowest BCUT2D eigenvalue weighted by Gasteiger charge is -2.05. The Bertz CT molecular complexity index is 623. The first-order valence-corrected chi connectivity index (χ1v) is 8.48. The van der Waals surface area contributed by atoms with E-state index < -0.39 is 10.1 Å². The number of terminal acetylenes is 2. The van der Waals surface area contributed by atoms with E-state index in [4.69, 9.17) is 26.9 Å². The van der Waals surface area contributed by atoms with Gasteiger partial charge in [-0.15, -0.1) is 12.8 Å². The summed E-state index contributed by atoms with van der Waals surface area (Å²) in [6, 6.07) is 6.44.